The Morgan fingerprint density at radius 3 is 2.75 bits per heavy atom. The number of hydrogen-bond donors (Lipinski definition) is 4. The molecule has 36 heavy (non-hydrogen) atoms. The first-order chi connectivity index (χ1) is 16.4. The number of carbonyl (C=O) groups excluding carboxylic acids is 2. The number of hydrogen-bond acceptors (Lipinski definition) is 6. The van der Waals surface area contributed by atoms with Gasteiger partial charge in [0.2, 0.25) is 11.8 Å². The molecule has 3 atom stereocenters. The van der Waals surface area contributed by atoms with E-state index in [-0.39, 0.29) is 48.6 Å². The van der Waals surface area contributed by atoms with Crippen molar-refractivity contribution in [2.75, 3.05) is 12.3 Å². The zero-order valence-corrected chi connectivity index (χ0v) is 21.9. The lowest BCUT2D eigenvalue weighted by molar-refractivity contribution is -0.130. The number of carbonyl (C=O) groups is 2. The van der Waals surface area contributed by atoms with E-state index >= 15 is 0 Å². The zero-order chi connectivity index (χ0) is 24.1. The largest absolute Gasteiger partial charge is 0.384 e. The molecule has 2 aromatic heterocycles. The van der Waals surface area contributed by atoms with Crippen molar-refractivity contribution in [1.29, 1.82) is 0 Å². The van der Waals surface area contributed by atoms with Crippen molar-refractivity contribution >= 4 is 42.4 Å². The predicted octanol–water partition coefficient (Wildman–Crippen LogP) is 2.66. The average Bonchev–Trinajstić information content (AvgIpc) is 3.38. The molecule has 0 aliphatic carbocycles. The number of halogens is 2. The molecule has 1 aliphatic rings. The summed E-state index contributed by atoms with van der Waals surface area (Å²) in [7, 11) is 0. The van der Waals surface area contributed by atoms with E-state index in [4.69, 9.17) is 5.73 Å². The zero-order valence-electron chi connectivity index (χ0n) is 20.3. The van der Waals surface area contributed by atoms with E-state index in [0.717, 1.165) is 29.9 Å². The molecule has 1 fully saturated rings. The van der Waals surface area contributed by atoms with Crippen LogP contribution in [0.1, 0.15) is 42.5 Å². The van der Waals surface area contributed by atoms with Gasteiger partial charge in [-0.15, -0.1) is 24.8 Å². The highest BCUT2D eigenvalue weighted by Crippen LogP contribution is 2.29. The SMILES string of the molecule is Cc1nc(N)ccc1CNC(=O)C(C)NC(=O)[C@H]1C[C@@H](c2cccc(-n3cccn3)c2)CCN1.Cl.Cl. The number of nitrogen functional groups attached to an aromatic ring is 1. The predicted molar refractivity (Wildman–Crippen MR) is 145 cm³/mol. The molecular weight excluding hydrogens is 501 g/mol. The normalized spacial score (nSPS) is 17.7. The molecule has 1 aromatic carbocycles. The maximum Gasteiger partial charge on any atom is 0.242 e. The van der Waals surface area contributed by atoms with Gasteiger partial charge in [0.25, 0.3) is 0 Å². The third-order valence-corrected chi connectivity index (χ3v) is 6.25. The molecule has 9 nitrogen and oxygen atoms in total. The van der Waals surface area contributed by atoms with Crippen LogP contribution in [0.2, 0.25) is 0 Å². The maximum absolute atomic E-state index is 12.9. The van der Waals surface area contributed by atoms with Crippen molar-refractivity contribution in [3.05, 3.63) is 71.7 Å². The molecule has 3 aromatic rings. The van der Waals surface area contributed by atoms with Crippen LogP contribution in [0.5, 0.6) is 0 Å². The number of pyridine rings is 1. The summed E-state index contributed by atoms with van der Waals surface area (Å²) < 4.78 is 1.83. The van der Waals surface area contributed by atoms with E-state index in [1.165, 1.54) is 5.56 Å². The fourth-order valence-electron chi connectivity index (χ4n) is 4.27. The minimum absolute atomic E-state index is 0. The minimum atomic E-state index is -0.653. The molecule has 0 spiro atoms. The Bertz CT molecular complexity index is 1160. The number of aromatic nitrogens is 3. The van der Waals surface area contributed by atoms with Crippen LogP contribution in [0, 0.1) is 6.92 Å². The van der Waals surface area contributed by atoms with Crippen LogP contribution in [0.3, 0.4) is 0 Å². The molecule has 0 saturated carbocycles. The van der Waals surface area contributed by atoms with Gasteiger partial charge in [-0.25, -0.2) is 9.67 Å². The van der Waals surface area contributed by atoms with Crippen LogP contribution in [0.4, 0.5) is 5.82 Å². The molecule has 194 valence electrons. The quantitative estimate of drug-likeness (QED) is 0.369. The van der Waals surface area contributed by atoms with Crippen molar-refractivity contribution in [1.82, 2.24) is 30.7 Å². The first-order valence-electron chi connectivity index (χ1n) is 11.5. The molecule has 1 unspecified atom stereocenters. The number of aryl methyl sites for hydroxylation is 1. The molecule has 0 radical (unpaired) electrons. The number of amides is 2. The van der Waals surface area contributed by atoms with Gasteiger partial charge >= 0.3 is 0 Å². The lowest BCUT2D eigenvalue weighted by Crippen LogP contribution is -2.53. The van der Waals surface area contributed by atoms with Crippen LogP contribution in [0.25, 0.3) is 5.69 Å². The lowest BCUT2D eigenvalue weighted by Gasteiger charge is -2.30. The molecule has 4 rings (SSSR count). The lowest BCUT2D eigenvalue weighted by atomic mass is 9.86. The Labute approximate surface area is 223 Å². The molecule has 11 heteroatoms. The van der Waals surface area contributed by atoms with Gasteiger partial charge in [0, 0.05) is 24.6 Å². The molecule has 0 bridgehead atoms. The highest BCUT2D eigenvalue weighted by molar-refractivity contribution is 5.89. The van der Waals surface area contributed by atoms with Crippen LogP contribution in [0.15, 0.2) is 54.9 Å². The topological polar surface area (TPSA) is 127 Å². The van der Waals surface area contributed by atoms with E-state index < -0.39 is 6.04 Å². The van der Waals surface area contributed by atoms with Crippen molar-refractivity contribution in [3.8, 4) is 5.69 Å². The van der Waals surface area contributed by atoms with Crippen LogP contribution >= 0.6 is 24.8 Å². The highest BCUT2D eigenvalue weighted by atomic mass is 35.5. The second-order valence-corrected chi connectivity index (χ2v) is 8.70. The molecule has 1 aliphatic heterocycles. The molecule has 2 amide bonds. The second kappa shape index (κ2) is 13.2. The monoisotopic (exact) mass is 533 g/mol. The van der Waals surface area contributed by atoms with Crippen molar-refractivity contribution in [3.63, 3.8) is 0 Å². The summed E-state index contributed by atoms with van der Waals surface area (Å²) >= 11 is 0. The smallest absolute Gasteiger partial charge is 0.242 e. The van der Waals surface area contributed by atoms with Crippen LogP contribution in [-0.4, -0.2) is 45.2 Å². The molecule has 1 saturated heterocycles. The van der Waals surface area contributed by atoms with E-state index in [1.54, 1.807) is 19.2 Å². The third-order valence-electron chi connectivity index (χ3n) is 6.25. The summed E-state index contributed by atoms with van der Waals surface area (Å²) in [5, 5.41) is 13.3. The van der Waals surface area contributed by atoms with E-state index in [0.29, 0.717) is 18.8 Å². The van der Waals surface area contributed by atoms with Crippen molar-refractivity contribution in [2.45, 2.75) is 51.2 Å². The number of nitrogens with one attached hydrogen (secondary N) is 3. The number of anilines is 1. The number of piperidine rings is 1. The average molecular weight is 534 g/mol. The first kappa shape index (κ1) is 29.1. The van der Waals surface area contributed by atoms with Gasteiger partial charge in [0.05, 0.1) is 11.7 Å². The molecule has 3 heterocycles. The third kappa shape index (κ3) is 7.19. The number of nitrogens with two attached hydrogens (primary N) is 1. The Kier molecular flexibility index (Phi) is 10.7. The number of nitrogens with zero attached hydrogens (tertiary/aromatic N) is 3. The van der Waals surface area contributed by atoms with Gasteiger partial charge in [-0.2, -0.15) is 5.10 Å². The minimum Gasteiger partial charge on any atom is -0.384 e. The fraction of sp³-hybridized carbons (Fsp3) is 0.360. The van der Waals surface area contributed by atoms with E-state index in [1.807, 2.05) is 42.1 Å². The Morgan fingerprint density at radius 2 is 2.03 bits per heavy atom. The van der Waals surface area contributed by atoms with Crippen LogP contribution in [-0.2, 0) is 16.1 Å². The second-order valence-electron chi connectivity index (χ2n) is 8.70. The van der Waals surface area contributed by atoms with Gasteiger partial charge in [-0.3, -0.25) is 9.59 Å². The standard InChI is InChI=1S/C25H31N7O2.2ClH/c1-16-20(7-8-23(26)30-16)15-28-24(33)17(2)31-25(34)22-14-19(9-11-27-22)18-5-3-6-21(13-18)32-12-4-10-29-32;;/h3-8,10,12-13,17,19,22,27H,9,11,14-15H2,1-2H3,(H2,26,30)(H,28,33)(H,31,34);2*1H/t17?,19-,22+;;/m0../s1. The van der Waals surface area contributed by atoms with Gasteiger partial charge in [-0.05, 0) is 74.5 Å². The maximum atomic E-state index is 12.9. The molecular formula is C25H33Cl2N7O2. The highest BCUT2D eigenvalue weighted by Gasteiger charge is 2.29. The summed E-state index contributed by atoms with van der Waals surface area (Å²) in [5.41, 5.74) is 9.52. The summed E-state index contributed by atoms with van der Waals surface area (Å²) in [4.78, 5) is 29.7. The van der Waals surface area contributed by atoms with Crippen LogP contribution < -0.4 is 21.7 Å². The summed E-state index contributed by atoms with van der Waals surface area (Å²) in [6.07, 6.45) is 5.27. The van der Waals surface area contributed by atoms with Crippen molar-refractivity contribution < 1.29 is 9.59 Å². The Balaban J connectivity index is 0.00000228. The summed E-state index contributed by atoms with van der Waals surface area (Å²) in [6.45, 7) is 4.60. The van der Waals surface area contributed by atoms with E-state index in [2.05, 4.69) is 38.2 Å². The molecule has 5 N–H and O–H groups in total. The number of benzene rings is 1. The Hall–Kier alpha value is -3.14. The van der Waals surface area contributed by atoms with Gasteiger partial charge in [0.15, 0.2) is 0 Å². The first-order valence-corrected chi connectivity index (χ1v) is 11.5. The van der Waals surface area contributed by atoms with Gasteiger partial charge in [-0.1, -0.05) is 18.2 Å². The number of rotatable bonds is 7. The van der Waals surface area contributed by atoms with Gasteiger partial charge < -0.3 is 21.7 Å². The summed E-state index contributed by atoms with van der Waals surface area (Å²) in [6, 6.07) is 12.7. The fourth-order valence-corrected chi connectivity index (χ4v) is 4.27. The van der Waals surface area contributed by atoms with Gasteiger partial charge in [0.1, 0.15) is 11.9 Å². The van der Waals surface area contributed by atoms with Crippen molar-refractivity contribution in [2.24, 2.45) is 0 Å². The Morgan fingerprint density at radius 1 is 1.22 bits per heavy atom. The summed E-state index contributed by atoms with van der Waals surface area (Å²) in [5.74, 6) is 0.280. The van der Waals surface area contributed by atoms with E-state index in [9.17, 15) is 9.59 Å².